The summed E-state index contributed by atoms with van der Waals surface area (Å²) < 4.78 is 13.2. The van der Waals surface area contributed by atoms with Gasteiger partial charge in [-0.2, -0.15) is 0 Å². The third-order valence-corrected chi connectivity index (χ3v) is 6.02. The van der Waals surface area contributed by atoms with Crippen molar-refractivity contribution in [2.24, 2.45) is 0 Å². The van der Waals surface area contributed by atoms with E-state index < -0.39 is 0 Å². The van der Waals surface area contributed by atoms with Gasteiger partial charge in [0.05, 0.1) is 7.11 Å². The Morgan fingerprint density at radius 2 is 1.74 bits per heavy atom. The highest BCUT2D eigenvalue weighted by Crippen LogP contribution is 2.33. The van der Waals surface area contributed by atoms with E-state index in [2.05, 4.69) is 15.6 Å². The second-order valence-electron chi connectivity index (χ2n) is 6.84. The maximum atomic E-state index is 6.12. The summed E-state index contributed by atoms with van der Waals surface area (Å²) in [7, 11) is 1.65. The zero-order valence-corrected chi connectivity index (χ0v) is 18.6. The molecule has 0 unspecified atom stereocenters. The topological polar surface area (TPSA) is 65.1 Å². The fourth-order valence-corrected chi connectivity index (χ4v) is 4.50. The molecule has 1 N–H and O–H groups in total. The molecule has 5 rings (SSSR count). The largest absolute Gasteiger partial charge is 0.497 e. The van der Waals surface area contributed by atoms with Gasteiger partial charge in [0.15, 0.2) is 11.6 Å². The molecule has 3 heterocycles. The van der Waals surface area contributed by atoms with Crippen LogP contribution < -0.4 is 10.2 Å². The van der Waals surface area contributed by atoms with E-state index in [0.29, 0.717) is 28.0 Å². The second kappa shape index (κ2) is 8.34. The van der Waals surface area contributed by atoms with Crippen molar-refractivity contribution in [2.45, 2.75) is 11.6 Å². The second-order valence-corrected chi connectivity index (χ2v) is 8.55. The van der Waals surface area contributed by atoms with E-state index in [9.17, 15) is 0 Å². The van der Waals surface area contributed by atoms with Crippen LogP contribution in [0.2, 0.25) is 10.0 Å². The van der Waals surface area contributed by atoms with Gasteiger partial charge in [0.2, 0.25) is 5.16 Å². The number of aromatic nitrogens is 3. The van der Waals surface area contributed by atoms with Crippen LogP contribution >= 0.6 is 35.0 Å². The first-order chi connectivity index (χ1) is 15.1. The predicted molar refractivity (Wildman–Crippen MR) is 123 cm³/mol. The lowest BCUT2D eigenvalue weighted by Gasteiger charge is -2.17. The Morgan fingerprint density at radius 1 is 1.00 bits per heavy atom. The smallest absolute Gasteiger partial charge is 0.214 e. The van der Waals surface area contributed by atoms with Crippen molar-refractivity contribution >= 4 is 40.7 Å². The summed E-state index contributed by atoms with van der Waals surface area (Å²) in [5, 5.41) is 12.4. The number of nitrogens with zero attached hydrogens (tertiary/aromatic N) is 3. The lowest BCUT2D eigenvalue weighted by atomic mass is 10.1. The first-order valence-corrected chi connectivity index (χ1v) is 11.0. The minimum absolute atomic E-state index is 0.559. The van der Waals surface area contributed by atoms with Crippen LogP contribution in [0.15, 0.2) is 69.6 Å². The predicted octanol–water partition coefficient (Wildman–Crippen LogP) is 6.09. The summed E-state index contributed by atoms with van der Waals surface area (Å²) in [5.74, 6) is 2.99. The molecule has 6 nitrogen and oxygen atoms in total. The number of rotatable bonds is 5. The van der Waals surface area contributed by atoms with E-state index in [4.69, 9.17) is 32.4 Å². The first kappa shape index (κ1) is 20.1. The van der Waals surface area contributed by atoms with E-state index in [-0.39, 0.29) is 0 Å². The van der Waals surface area contributed by atoms with Gasteiger partial charge < -0.3 is 9.15 Å². The lowest BCUT2D eigenvalue weighted by molar-refractivity contribution is 0.414. The molecule has 1 aliphatic rings. The van der Waals surface area contributed by atoms with Crippen molar-refractivity contribution in [1.82, 2.24) is 14.9 Å². The molecule has 4 aromatic rings. The number of benzene rings is 2. The van der Waals surface area contributed by atoms with Gasteiger partial charge in [-0.1, -0.05) is 47.1 Å². The maximum absolute atomic E-state index is 6.12. The third kappa shape index (κ3) is 4.17. The number of nitrogens with one attached hydrogen (secondary N) is 1. The van der Waals surface area contributed by atoms with E-state index >= 15 is 0 Å². The highest BCUT2D eigenvalue weighted by atomic mass is 35.5. The fourth-order valence-electron chi connectivity index (χ4n) is 3.23. The number of methoxy groups -OCH3 is 1. The highest BCUT2D eigenvalue weighted by molar-refractivity contribution is 8.02. The van der Waals surface area contributed by atoms with Gasteiger partial charge in [-0.3, -0.25) is 5.43 Å². The summed E-state index contributed by atoms with van der Waals surface area (Å²) in [4.78, 5) is 0. The average Bonchev–Trinajstić information content (AvgIpc) is 3.41. The van der Waals surface area contributed by atoms with Crippen LogP contribution in [0.1, 0.15) is 17.1 Å². The summed E-state index contributed by atoms with van der Waals surface area (Å²) in [5.41, 5.74) is 6.09. The molecular weight excluding hydrogens is 455 g/mol. The molecule has 2 aromatic heterocycles. The molecule has 0 spiro atoms. The van der Waals surface area contributed by atoms with Crippen LogP contribution in [-0.2, 0) is 6.42 Å². The molecule has 156 valence electrons. The Balaban J connectivity index is 1.37. The van der Waals surface area contributed by atoms with E-state index in [1.165, 1.54) is 11.8 Å². The van der Waals surface area contributed by atoms with Crippen LogP contribution in [0, 0.1) is 0 Å². The maximum Gasteiger partial charge on any atom is 0.214 e. The molecule has 1 aliphatic heterocycles. The Morgan fingerprint density at radius 3 is 2.48 bits per heavy atom. The monoisotopic (exact) mass is 470 g/mol. The zero-order valence-electron chi connectivity index (χ0n) is 16.3. The number of halogens is 2. The van der Waals surface area contributed by atoms with Crippen molar-refractivity contribution < 1.29 is 9.15 Å². The lowest BCUT2D eigenvalue weighted by Crippen LogP contribution is -2.19. The molecule has 0 amide bonds. The standard InChI is InChI=1S/C22H16Cl2N4O2S/c1-29-17-4-2-13(3-5-17)8-21-25-26-22-28(21)27-18(12-31-22)20-7-6-19(30-20)14-9-15(23)11-16(24)10-14/h2-7,9-12,27H,8H2,1H3. The molecule has 0 fully saturated rings. The van der Waals surface area contributed by atoms with Gasteiger partial charge in [0.25, 0.3) is 0 Å². The Bertz CT molecular complexity index is 1260. The van der Waals surface area contributed by atoms with Gasteiger partial charge in [-0.25, -0.2) is 4.68 Å². The van der Waals surface area contributed by atoms with Gasteiger partial charge >= 0.3 is 0 Å². The van der Waals surface area contributed by atoms with Crippen LogP contribution in [0.25, 0.3) is 17.0 Å². The number of hydrogen-bond donors (Lipinski definition) is 1. The van der Waals surface area contributed by atoms with Crippen LogP contribution in [-0.4, -0.2) is 22.0 Å². The van der Waals surface area contributed by atoms with Gasteiger partial charge in [0.1, 0.15) is 17.2 Å². The molecule has 0 saturated carbocycles. The van der Waals surface area contributed by atoms with Gasteiger partial charge in [-0.05, 0) is 48.0 Å². The zero-order chi connectivity index (χ0) is 21.4. The Hall–Kier alpha value is -2.87. The normalized spacial score (nSPS) is 12.8. The number of furan rings is 1. The molecule has 9 heteroatoms. The molecule has 0 radical (unpaired) electrons. The number of thioether (sulfide) groups is 1. The summed E-state index contributed by atoms with van der Waals surface area (Å²) >= 11 is 13.7. The van der Waals surface area contributed by atoms with E-state index in [0.717, 1.165) is 33.6 Å². The third-order valence-electron chi connectivity index (χ3n) is 4.75. The van der Waals surface area contributed by atoms with Crippen molar-refractivity contribution in [3.8, 4) is 17.1 Å². The average molecular weight is 471 g/mol. The highest BCUT2D eigenvalue weighted by Gasteiger charge is 2.20. The van der Waals surface area contributed by atoms with Gasteiger partial charge in [0, 0.05) is 27.4 Å². The quantitative estimate of drug-likeness (QED) is 0.380. The fraction of sp³-hybridized carbons (Fsp3) is 0.0909. The SMILES string of the molecule is COc1ccc(Cc2nnc3n2NC(c2ccc(-c4cc(Cl)cc(Cl)c4)o2)=CS3)cc1. The first-order valence-electron chi connectivity index (χ1n) is 9.37. The number of ether oxygens (including phenoxy) is 1. The molecular formula is C22H16Cl2N4O2S. The van der Waals surface area contributed by atoms with Crippen molar-refractivity contribution in [3.63, 3.8) is 0 Å². The van der Waals surface area contributed by atoms with Crippen molar-refractivity contribution in [2.75, 3.05) is 12.5 Å². The molecule has 2 aromatic carbocycles. The van der Waals surface area contributed by atoms with Crippen molar-refractivity contribution in [1.29, 1.82) is 0 Å². The minimum atomic E-state index is 0.559. The summed E-state index contributed by atoms with van der Waals surface area (Å²) in [6, 6.07) is 17.0. The summed E-state index contributed by atoms with van der Waals surface area (Å²) in [6.07, 6.45) is 0.627. The van der Waals surface area contributed by atoms with Crippen LogP contribution in [0.5, 0.6) is 5.75 Å². The van der Waals surface area contributed by atoms with E-state index in [1.54, 1.807) is 13.2 Å². The molecule has 0 atom stereocenters. The molecule has 0 saturated heterocycles. The van der Waals surface area contributed by atoms with Crippen LogP contribution in [0.4, 0.5) is 0 Å². The molecule has 0 bridgehead atoms. The number of fused-ring (bicyclic) bond motifs is 1. The number of hydrogen-bond acceptors (Lipinski definition) is 6. The van der Waals surface area contributed by atoms with Crippen molar-refractivity contribution in [3.05, 3.63) is 87.2 Å². The summed E-state index contributed by atoms with van der Waals surface area (Å²) in [6.45, 7) is 0. The van der Waals surface area contributed by atoms with E-state index in [1.807, 2.05) is 58.6 Å². The van der Waals surface area contributed by atoms with Gasteiger partial charge in [-0.15, -0.1) is 10.2 Å². The Labute approximate surface area is 192 Å². The van der Waals surface area contributed by atoms with Crippen LogP contribution in [0.3, 0.4) is 0 Å². The Kier molecular flexibility index (Phi) is 5.40. The molecule has 0 aliphatic carbocycles. The minimum Gasteiger partial charge on any atom is -0.497 e. The molecule has 31 heavy (non-hydrogen) atoms.